The third-order valence-electron chi connectivity index (χ3n) is 19.1. The molecule has 0 saturated carbocycles. The van der Waals surface area contributed by atoms with Crippen LogP contribution in [0.4, 0.5) is 0 Å². The zero-order chi connectivity index (χ0) is 69.0. The van der Waals surface area contributed by atoms with Crippen molar-refractivity contribution >= 4 is 11.8 Å². The topological polar surface area (TPSA) is 415 Å². The van der Waals surface area contributed by atoms with Gasteiger partial charge in [0.2, 0.25) is 11.8 Å². The molecular weight excluding hydrogens is 1230 g/mol. The second-order valence-electron chi connectivity index (χ2n) is 27.1. The van der Waals surface area contributed by atoms with E-state index in [2.05, 4.69) is 24.5 Å². The van der Waals surface area contributed by atoms with E-state index in [0.717, 1.165) is 64.7 Å². The molecule has 0 aliphatic carbocycles. The normalized spacial score (nSPS) is 32.8. The highest BCUT2D eigenvalue weighted by molar-refractivity contribution is 5.80. The molecule has 0 bridgehead atoms. The minimum absolute atomic E-state index is 0.124. The first kappa shape index (κ1) is 84.5. The van der Waals surface area contributed by atoms with E-state index >= 15 is 0 Å². The SMILES string of the molecule is CCCCCCCCCCCCCCCCCCCCCC(O)C(=O)NC(COC1OC(CO)C(O)C(O)C1OC1OC(COC2OC(CO)C(O)C(OC3OC(C)C(O)C(O)C3O)C2NC(C)=O)C(O)C(O)C1O)C(O)C(O)CCCCCCCCCCCCCCC. The van der Waals surface area contributed by atoms with Crippen molar-refractivity contribution in [2.24, 2.45) is 0 Å². The van der Waals surface area contributed by atoms with Gasteiger partial charge in [0, 0.05) is 6.92 Å². The number of carbonyl (C=O) groups excluding carboxylic acids is 2. The van der Waals surface area contributed by atoms with Gasteiger partial charge in [0.15, 0.2) is 25.2 Å². The Balaban J connectivity index is 1.39. The number of ether oxygens (including phenoxy) is 8. The van der Waals surface area contributed by atoms with Crippen LogP contribution in [-0.2, 0) is 47.5 Å². The van der Waals surface area contributed by atoms with Gasteiger partial charge in [0.25, 0.3) is 0 Å². The lowest BCUT2D eigenvalue weighted by molar-refractivity contribution is -0.373. The van der Waals surface area contributed by atoms with E-state index in [0.29, 0.717) is 12.8 Å². The predicted molar refractivity (Wildman–Crippen MR) is 346 cm³/mol. The Morgan fingerprint density at radius 3 is 1.29 bits per heavy atom. The van der Waals surface area contributed by atoms with Crippen molar-refractivity contribution in [2.75, 3.05) is 26.4 Å². The summed E-state index contributed by atoms with van der Waals surface area (Å²) < 4.78 is 47.2. The summed E-state index contributed by atoms with van der Waals surface area (Å²) in [6.07, 6.45) is -0.550. The summed E-state index contributed by atoms with van der Waals surface area (Å²) in [5.74, 6) is -1.55. The third kappa shape index (κ3) is 29.3. The monoisotopic (exact) mass is 1360 g/mol. The number of hydrogen-bond donors (Lipinski definition) is 16. The maximum atomic E-state index is 13.7. The maximum absolute atomic E-state index is 13.7. The number of rotatable bonds is 51. The van der Waals surface area contributed by atoms with Crippen molar-refractivity contribution in [3.05, 3.63) is 0 Å². The lowest BCUT2D eigenvalue weighted by atomic mass is 9.95. The van der Waals surface area contributed by atoms with Crippen LogP contribution in [0.15, 0.2) is 0 Å². The molecule has 4 rings (SSSR count). The molecule has 4 heterocycles. The first-order chi connectivity index (χ1) is 45.2. The molecule has 0 aromatic rings. The van der Waals surface area contributed by atoms with Gasteiger partial charge in [-0.2, -0.15) is 0 Å². The standard InChI is InChI=1S/C68H128N2O24/c1-5-7-9-11-13-15-17-19-20-21-22-23-24-26-28-30-32-34-36-38-47(75)64(86)70-45(53(77)46(74)37-35-33-31-29-27-25-18-16-14-12-10-8-6-2)41-87-68-63(59(83)54(78)48(39-71)91-68)94-67-61(85)58(82)55(79)50(92-67)42-88-65-51(69-44(4)73)62(56(80)49(40-72)90-65)93-66-60(84)57(81)52(76)43(3)89-66/h43,45-63,65-68,71-72,74-85H,5-42H2,1-4H3,(H,69,73)(H,70,86). The van der Waals surface area contributed by atoms with Gasteiger partial charge in [-0.15, -0.1) is 0 Å². The van der Waals surface area contributed by atoms with Crippen LogP contribution in [0.1, 0.15) is 246 Å². The minimum atomic E-state index is -2.10. The van der Waals surface area contributed by atoms with Gasteiger partial charge in [-0.1, -0.05) is 219 Å². The van der Waals surface area contributed by atoms with E-state index in [-0.39, 0.29) is 12.8 Å². The molecule has 4 saturated heterocycles. The molecule has 94 heavy (non-hydrogen) atoms. The summed E-state index contributed by atoms with van der Waals surface area (Å²) in [6.45, 7) is 3.79. The summed E-state index contributed by atoms with van der Waals surface area (Å²) in [5, 5.41) is 159. The Kier molecular flexibility index (Phi) is 43.1. The smallest absolute Gasteiger partial charge is 0.249 e. The van der Waals surface area contributed by atoms with Crippen molar-refractivity contribution in [3.63, 3.8) is 0 Å². The Morgan fingerprint density at radius 1 is 0.426 bits per heavy atom. The van der Waals surface area contributed by atoms with Gasteiger partial charge in [-0.25, -0.2) is 0 Å². The van der Waals surface area contributed by atoms with Crippen molar-refractivity contribution < 1.29 is 119 Å². The van der Waals surface area contributed by atoms with Crippen LogP contribution in [0.2, 0.25) is 0 Å². The van der Waals surface area contributed by atoms with Crippen LogP contribution in [0, 0.1) is 0 Å². The van der Waals surface area contributed by atoms with Crippen LogP contribution < -0.4 is 10.6 Å². The number of hydrogen-bond acceptors (Lipinski definition) is 24. The first-order valence-corrected chi connectivity index (χ1v) is 36.3. The average Bonchev–Trinajstić information content (AvgIpc) is 0.800. The van der Waals surface area contributed by atoms with Gasteiger partial charge in [-0.05, 0) is 19.8 Å². The van der Waals surface area contributed by atoms with Crippen molar-refractivity contribution in [1.82, 2.24) is 10.6 Å². The summed E-state index contributed by atoms with van der Waals surface area (Å²) in [6, 6.07) is -2.93. The zero-order valence-electron chi connectivity index (χ0n) is 57.1. The van der Waals surface area contributed by atoms with E-state index in [9.17, 15) is 81.1 Å². The minimum Gasteiger partial charge on any atom is -0.394 e. The quantitative estimate of drug-likeness (QED) is 0.0388. The number of unbranched alkanes of at least 4 members (excludes halogenated alkanes) is 30. The second kappa shape index (κ2) is 48.0. The lowest BCUT2D eigenvalue weighted by Crippen LogP contribution is -2.68. The van der Waals surface area contributed by atoms with Crippen LogP contribution in [0.25, 0.3) is 0 Å². The van der Waals surface area contributed by atoms with Gasteiger partial charge < -0.3 is 120 Å². The Bertz CT molecular complexity index is 1940. The van der Waals surface area contributed by atoms with E-state index in [1.54, 1.807) is 0 Å². The molecule has 0 spiro atoms. The molecule has 0 aromatic carbocycles. The van der Waals surface area contributed by atoms with E-state index in [4.69, 9.17) is 37.9 Å². The van der Waals surface area contributed by atoms with Crippen molar-refractivity contribution in [1.29, 1.82) is 0 Å². The number of carbonyl (C=O) groups is 2. The molecule has 554 valence electrons. The molecule has 4 fully saturated rings. The average molecular weight is 1360 g/mol. The van der Waals surface area contributed by atoms with Crippen LogP contribution in [-0.4, -0.2) is 257 Å². The maximum Gasteiger partial charge on any atom is 0.249 e. The highest BCUT2D eigenvalue weighted by Gasteiger charge is 2.54. The molecule has 26 heteroatoms. The lowest BCUT2D eigenvalue weighted by Gasteiger charge is -2.48. The van der Waals surface area contributed by atoms with E-state index in [1.165, 1.54) is 142 Å². The molecule has 24 unspecified atom stereocenters. The molecule has 26 nitrogen and oxygen atoms in total. The number of nitrogens with one attached hydrogen (secondary N) is 2. The number of amides is 2. The second-order valence-corrected chi connectivity index (χ2v) is 27.1. The molecule has 0 aromatic heterocycles. The Labute approximate surface area is 559 Å². The van der Waals surface area contributed by atoms with E-state index < -0.39 is 185 Å². The molecule has 2 amide bonds. The Morgan fingerprint density at radius 2 is 0.819 bits per heavy atom. The predicted octanol–water partition coefficient (Wildman–Crippen LogP) is 3.32. The molecule has 16 N–H and O–H groups in total. The van der Waals surface area contributed by atoms with Crippen LogP contribution >= 0.6 is 0 Å². The molecular formula is C68H128N2O24. The zero-order valence-corrected chi connectivity index (χ0v) is 57.1. The molecule has 4 aliphatic rings. The summed E-state index contributed by atoms with van der Waals surface area (Å²) in [7, 11) is 0. The highest BCUT2D eigenvalue weighted by Crippen LogP contribution is 2.34. The fraction of sp³-hybridized carbons (Fsp3) is 0.971. The largest absolute Gasteiger partial charge is 0.394 e. The molecule has 4 aliphatic heterocycles. The molecule has 24 atom stereocenters. The Hall–Kier alpha value is -1.94. The summed E-state index contributed by atoms with van der Waals surface area (Å²) in [4.78, 5) is 26.3. The van der Waals surface area contributed by atoms with Crippen molar-refractivity contribution in [3.8, 4) is 0 Å². The van der Waals surface area contributed by atoms with Gasteiger partial charge >= 0.3 is 0 Å². The summed E-state index contributed by atoms with van der Waals surface area (Å²) in [5.41, 5.74) is 0. The van der Waals surface area contributed by atoms with Crippen LogP contribution in [0.5, 0.6) is 0 Å². The molecule has 0 radical (unpaired) electrons. The van der Waals surface area contributed by atoms with Crippen LogP contribution in [0.3, 0.4) is 0 Å². The van der Waals surface area contributed by atoms with Gasteiger partial charge in [0.1, 0.15) is 104 Å². The highest BCUT2D eigenvalue weighted by atomic mass is 16.8. The third-order valence-corrected chi connectivity index (χ3v) is 19.1. The number of aliphatic hydroxyl groups is 14. The fourth-order valence-corrected chi connectivity index (χ4v) is 12.9. The fourth-order valence-electron chi connectivity index (χ4n) is 12.9. The van der Waals surface area contributed by atoms with E-state index in [1.807, 2.05) is 0 Å². The number of aliphatic hydroxyl groups excluding tert-OH is 14. The first-order valence-electron chi connectivity index (χ1n) is 36.3. The van der Waals surface area contributed by atoms with Gasteiger partial charge in [-0.3, -0.25) is 9.59 Å². The summed E-state index contributed by atoms with van der Waals surface area (Å²) >= 11 is 0. The van der Waals surface area contributed by atoms with Crippen molar-refractivity contribution in [2.45, 2.75) is 393 Å². The van der Waals surface area contributed by atoms with Gasteiger partial charge in [0.05, 0.1) is 44.7 Å².